The van der Waals surface area contributed by atoms with Crippen LogP contribution in [0.25, 0.3) is 0 Å². The van der Waals surface area contributed by atoms with Crippen LogP contribution < -0.4 is 5.32 Å². The molecule has 0 aliphatic carbocycles. The zero-order valence-corrected chi connectivity index (χ0v) is 13.0. The molecule has 0 spiro atoms. The van der Waals surface area contributed by atoms with Crippen molar-refractivity contribution in [3.63, 3.8) is 0 Å². The molecule has 5 heteroatoms. The number of thiazole rings is 1. The summed E-state index contributed by atoms with van der Waals surface area (Å²) in [7, 11) is 0. The summed E-state index contributed by atoms with van der Waals surface area (Å²) >= 11 is 1.51. The summed E-state index contributed by atoms with van der Waals surface area (Å²) in [5.74, 6) is -0.197. The standard InChI is InChI=1S/C15H19N3OS/c1-5-10-7-6-8-16-12(10)13(19)18-14-17-9-11(20-14)15(2,3)4/h6-9H,5H2,1-4H3,(H,17,18,19). The van der Waals surface area contributed by atoms with Gasteiger partial charge in [-0.1, -0.05) is 33.8 Å². The largest absolute Gasteiger partial charge is 0.296 e. The molecule has 20 heavy (non-hydrogen) atoms. The van der Waals surface area contributed by atoms with Gasteiger partial charge in [-0.3, -0.25) is 15.1 Å². The van der Waals surface area contributed by atoms with Crippen LogP contribution in [-0.4, -0.2) is 15.9 Å². The van der Waals surface area contributed by atoms with Gasteiger partial charge in [0.25, 0.3) is 5.91 Å². The van der Waals surface area contributed by atoms with E-state index in [2.05, 4.69) is 36.1 Å². The molecule has 0 saturated heterocycles. The van der Waals surface area contributed by atoms with Crippen LogP contribution in [0, 0.1) is 0 Å². The van der Waals surface area contributed by atoms with Gasteiger partial charge in [-0.05, 0) is 23.5 Å². The second-order valence-electron chi connectivity index (χ2n) is 5.60. The number of amides is 1. The van der Waals surface area contributed by atoms with Crippen LogP contribution in [0.3, 0.4) is 0 Å². The third-order valence-corrected chi connectivity index (χ3v) is 4.29. The zero-order valence-electron chi connectivity index (χ0n) is 12.2. The third kappa shape index (κ3) is 3.22. The highest BCUT2D eigenvalue weighted by atomic mass is 32.1. The molecule has 2 rings (SSSR count). The number of hydrogen-bond acceptors (Lipinski definition) is 4. The maximum Gasteiger partial charge on any atom is 0.276 e. The molecule has 0 fully saturated rings. The number of aromatic nitrogens is 2. The molecule has 0 unspecified atom stereocenters. The molecule has 0 aromatic carbocycles. The van der Waals surface area contributed by atoms with Crippen molar-refractivity contribution in [1.29, 1.82) is 0 Å². The summed E-state index contributed by atoms with van der Waals surface area (Å²) in [5, 5.41) is 3.45. The van der Waals surface area contributed by atoms with E-state index in [-0.39, 0.29) is 11.3 Å². The Balaban J connectivity index is 2.18. The van der Waals surface area contributed by atoms with E-state index in [0.29, 0.717) is 10.8 Å². The molecule has 4 nitrogen and oxygen atoms in total. The number of carbonyl (C=O) groups is 1. The number of nitrogens with zero attached hydrogens (tertiary/aromatic N) is 2. The van der Waals surface area contributed by atoms with Crippen LogP contribution in [0.5, 0.6) is 0 Å². The van der Waals surface area contributed by atoms with E-state index in [4.69, 9.17) is 0 Å². The predicted molar refractivity (Wildman–Crippen MR) is 82.4 cm³/mol. The minimum absolute atomic E-state index is 0.0419. The molecule has 0 aliphatic rings. The molecule has 0 saturated carbocycles. The van der Waals surface area contributed by atoms with Gasteiger partial charge < -0.3 is 0 Å². The molecule has 2 aromatic heterocycles. The SMILES string of the molecule is CCc1cccnc1C(=O)Nc1ncc(C(C)(C)C)s1. The van der Waals surface area contributed by atoms with Crippen molar-refractivity contribution in [1.82, 2.24) is 9.97 Å². The zero-order chi connectivity index (χ0) is 14.8. The van der Waals surface area contributed by atoms with E-state index in [0.717, 1.165) is 16.9 Å². The van der Waals surface area contributed by atoms with Crippen LogP contribution in [0.2, 0.25) is 0 Å². The van der Waals surface area contributed by atoms with Crippen molar-refractivity contribution in [2.75, 3.05) is 5.32 Å². The predicted octanol–water partition coefficient (Wildman–Crippen LogP) is 3.65. The smallest absolute Gasteiger partial charge is 0.276 e. The first-order chi connectivity index (χ1) is 9.41. The van der Waals surface area contributed by atoms with E-state index in [1.807, 2.05) is 25.3 Å². The molecule has 0 radical (unpaired) electrons. The quantitative estimate of drug-likeness (QED) is 0.938. The second-order valence-corrected chi connectivity index (χ2v) is 6.63. The molecule has 0 aliphatic heterocycles. The highest BCUT2D eigenvalue weighted by Gasteiger charge is 2.19. The number of nitrogens with one attached hydrogen (secondary N) is 1. The van der Waals surface area contributed by atoms with Crippen molar-refractivity contribution in [2.24, 2.45) is 0 Å². The Labute approximate surface area is 123 Å². The van der Waals surface area contributed by atoms with E-state index >= 15 is 0 Å². The average Bonchev–Trinajstić information content (AvgIpc) is 2.87. The van der Waals surface area contributed by atoms with Gasteiger partial charge in [-0.15, -0.1) is 11.3 Å². The normalized spacial score (nSPS) is 11.4. The average molecular weight is 289 g/mol. The number of pyridine rings is 1. The lowest BCUT2D eigenvalue weighted by Gasteiger charge is -2.14. The van der Waals surface area contributed by atoms with E-state index in [9.17, 15) is 4.79 Å². The Kier molecular flexibility index (Phi) is 4.18. The number of hydrogen-bond donors (Lipinski definition) is 1. The first-order valence-corrected chi connectivity index (χ1v) is 7.45. The van der Waals surface area contributed by atoms with Crippen LogP contribution >= 0.6 is 11.3 Å². The van der Waals surface area contributed by atoms with Gasteiger partial charge >= 0.3 is 0 Å². The Morgan fingerprint density at radius 1 is 1.35 bits per heavy atom. The van der Waals surface area contributed by atoms with Crippen LogP contribution in [0.15, 0.2) is 24.5 Å². The van der Waals surface area contributed by atoms with E-state index in [1.165, 1.54) is 11.3 Å². The monoisotopic (exact) mass is 289 g/mol. The highest BCUT2D eigenvalue weighted by Crippen LogP contribution is 2.30. The van der Waals surface area contributed by atoms with Crippen LogP contribution in [-0.2, 0) is 11.8 Å². The van der Waals surface area contributed by atoms with Crippen molar-refractivity contribution in [3.8, 4) is 0 Å². The van der Waals surface area contributed by atoms with Gasteiger partial charge in [0.2, 0.25) is 0 Å². The lowest BCUT2D eigenvalue weighted by molar-refractivity contribution is 0.102. The summed E-state index contributed by atoms with van der Waals surface area (Å²) in [5.41, 5.74) is 1.46. The molecule has 0 bridgehead atoms. The topological polar surface area (TPSA) is 54.9 Å². The first-order valence-electron chi connectivity index (χ1n) is 6.63. The summed E-state index contributed by atoms with van der Waals surface area (Å²) in [6.07, 6.45) is 4.23. The van der Waals surface area contributed by atoms with Crippen LogP contribution in [0.4, 0.5) is 5.13 Å². The molecule has 1 N–H and O–H groups in total. The summed E-state index contributed by atoms with van der Waals surface area (Å²) in [6.45, 7) is 8.38. The van der Waals surface area contributed by atoms with Crippen molar-refractivity contribution in [3.05, 3.63) is 40.7 Å². The van der Waals surface area contributed by atoms with Crippen molar-refractivity contribution in [2.45, 2.75) is 39.5 Å². The third-order valence-electron chi connectivity index (χ3n) is 2.95. The fraction of sp³-hybridized carbons (Fsp3) is 0.400. The van der Waals surface area contributed by atoms with Gasteiger partial charge in [0.15, 0.2) is 5.13 Å². The Morgan fingerprint density at radius 3 is 2.70 bits per heavy atom. The maximum atomic E-state index is 12.2. The van der Waals surface area contributed by atoms with Gasteiger partial charge in [0.1, 0.15) is 5.69 Å². The van der Waals surface area contributed by atoms with Crippen LogP contribution in [0.1, 0.15) is 48.6 Å². The molecule has 2 aromatic rings. The Morgan fingerprint density at radius 2 is 2.10 bits per heavy atom. The lowest BCUT2D eigenvalue weighted by atomic mass is 9.96. The number of carbonyl (C=O) groups excluding carboxylic acids is 1. The van der Waals surface area contributed by atoms with E-state index in [1.54, 1.807) is 6.20 Å². The molecule has 2 heterocycles. The summed E-state index contributed by atoms with van der Waals surface area (Å²) < 4.78 is 0. The van der Waals surface area contributed by atoms with Crippen molar-refractivity contribution < 1.29 is 4.79 Å². The fourth-order valence-electron chi connectivity index (χ4n) is 1.76. The molecule has 0 atom stereocenters. The second kappa shape index (κ2) is 5.71. The number of anilines is 1. The molecule has 106 valence electrons. The lowest BCUT2D eigenvalue weighted by Crippen LogP contribution is -2.15. The van der Waals surface area contributed by atoms with Crippen molar-refractivity contribution >= 4 is 22.4 Å². The Bertz CT molecular complexity index is 614. The summed E-state index contributed by atoms with van der Waals surface area (Å²) in [6, 6.07) is 3.76. The minimum Gasteiger partial charge on any atom is -0.296 e. The molecular weight excluding hydrogens is 270 g/mol. The highest BCUT2D eigenvalue weighted by molar-refractivity contribution is 7.15. The van der Waals surface area contributed by atoms with Gasteiger partial charge in [-0.25, -0.2) is 4.98 Å². The number of rotatable bonds is 3. The fourth-order valence-corrected chi connectivity index (χ4v) is 2.63. The van der Waals surface area contributed by atoms with Gasteiger partial charge in [0, 0.05) is 17.3 Å². The van der Waals surface area contributed by atoms with Gasteiger partial charge in [0.05, 0.1) is 0 Å². The summed E-state index contributed by atoms with van der Waals surface area (Å²) in [4.78, 5) is 21.8. The first kappa shape index (κ1) is 14.7. The molecule has 1 amide bonds. The minimum atomic E-state index is -0.197. The Hall–Kier alpha value is -1.75. The molecular formula is C15H19N3OS. The van der Waals surface area contributed by atoms with Gasteiger partial charge in [-0.2, -0.15) is 0 Å². The maximum absolute atomic E-state index is 12.2. The number of aryl methyl sites for hydroxylation is 1. The van der Waals surface area contributed by atoms with E-state index < -0.39 is 0 Å².